The molecule has 1 spiro atoms. The number of carbonyl (C=O) groups is 1. The third-order valence-electron chi connectivity index (χ3n) is 8.09. The van der Waals surface area contributed by atoms with E-state index in [1.54, 1.807) is 28.8 Å². The molecular weight excluding hydrogens is 566 g/mol. The summed E-state index contributed by atoms with van der Waals surface area (Å²) in [5.41, 5.74) is 3.08. The van der Waals surface area contributed by atoms with E-state index in [1.807, 2.05) is 12.2 Å². The van der Waals surface area contributed by atoms with E-state index in [1.165, 1.54) is 19.1 Å². The Hall–Kier alpha value is -3.17. The average molecular weight is 597 g/mol. The Balaban J connectivity index is 1.55. The van der Waals surface area contributed by atoms with Gasteiger partial charge in [0.15, 0.2) is 5.60 Å². The standard InChI is InChI=1S/C31H31ClF2N4O2S/c1-4-12-37-16-31(40-30(37)39)15-25-26(24-9-5-8-23(35-24)19(3)33)27(21-11-10-20(34)14-22(21)32)36-29(38(25)17-31)28-18(2)7-6-13-41-28/h4-6,9-11,13-14,19,23,27-28H,1-2,7-8,12,15-17H2,3H3/t19?,23?,27-,28?,31?/m0/s1. The Morgan fingerprint density at radius 3 is 2.88 bits per heavy atom. The molecule has 2 saturated heterocycles. The highest BCUT2D eigenvalue weighted by atomic mass is 35.5. The fraction of sp³-hybridized carbons (Fsp3) is 0.387. The molecule has 2 fully saturated rings. The molecule has 0 radical (unpaired) electrons. The Kier molecular flexibility index (Phi) is 7.44. The summed E-state index contributed by atoms with van der Waals surface area (Å²) in [6, 6.07) is 3.14. The van der Waals surface area contributed by atoms with Crippen LogP contribution in [0.25, 0.3) is 0 Å². The molecule has 6 nitrogen and oxygen atoms in total. The lowest BCUT2D eigenvalue weighted by Gasteiger charge is -2.38. The Bertz CT molecular complexity index is 1470. The van der Waals surface area contributed by atoms with E-state index in [-0.39, 0.29) is 16.4 Å². The quantitative estimate of drug-likeness (QED) is 0.333. The van der Waals surface area contributed by atoms with Gasteiger partial charge in [-0.15, -0.1) is 18.3 Å². The Morgan fingerprint density at radius 2 is 2.15 bits per heavy atom. The van der Waals surface area contributed by atoms with Gasteiger partial charge in [0, 0.05) is 34.8 Å². The summed E-state index contributed by atoms with van der Waals surface area (Å²) in [6.07, 6.45) is 7.68. The highest BCUT2D eigenvalue weighted by molar-refractivity contribution is 8.03. The molecule has 5 aliphatic heterocycles. The van der Waals surface area contributed by atoms with E-state index in [9.17, 15) is 13.6 Å². The van der Waals surface area contributed by atoms with Gasteiger partial charge in [0.25, 0.3) is 0 Å². The number of rotatable bonds is 6. The number of fused-ring (bicyclic) bond motifs is 1. The number of dihydropyridines is 1. The molecule has 0 aliphatic carbocycles. The molecule has 5 heterocycles. The summed E-state index contributed by atoms with van der Waals surface area (Å²) >= 11 is 8.28. The van der Waals surface area contributed by atoms with Crippen molar-refractivity contribution in [2.24, 2.45) is 9.98 Å². The number of hydrogen-bond acceptors (Lipinski definition) is 6. The number of hydrogen-bond donors (Lipinski definition) is 0. The van der Waals surface area contributed by atoms with Crippen molar-refractivity contribution in [2.45, 2.75) is 55.3 Å². The third kappa shape index (κ3) is 5.07. The van der Waals surface area contributed by atoms with Gasteiger partial charge in [-0.2, -0.15) is 0 Å². The van der Waals surface area contributed by atoms with Gasteiger partial charge in [-0.05, 0) is 43.4 Å². The number of halogens is 3. The minimum Gasteiger partial charge on any atom is -0.439 e. The molecule has 1 aromatic rings. The number of thioether (sulfide) groups is 1. The maximum atomic E-state index is 14.5. The van der Waals surface area contributed by atoms with Crippen LogP contribution in [-0.2, 0) is 4.74 Å². The van der Waals surface area contributed by atoms with Crippen LogP contribution >= 0.6 is 23.4 Å². The van der Waals surface area contributed by atoms with Crippen LogP contribution < -0.4 is 0 Å². The first kappa shape index (κ1) is 28.0. The number of nitrogens with zero attached hydrogens (tertiary/aromatic N) is 4. The molecule has 4 unspecified atom stereocenters. The zero-order chi connectivity index (χ0) is 28.9. The van der Waals surface area contributed by atoms with Crippen molar-refractivity contribution in [1.82, 2.24) is 9.80 Å². The fourth-order valence-corrected chi connectivity index (χ4v) is 7.39. The normalized spacial score (nSPS) is 30.0. The predicted octanol–water partition coefficient (Wildman–Crippen LogP) is 6.97. The number of allylic oxidation sites excluding steroid dienone is 2. The second kappa shape index (κ2) is 10.9. The van der Waals surface area contributed by atoms with E-state index in [0.717, 1.165) is 29.1 Å². The van der Waals surface area contributed by atoms with Crippen molar-refractivity contribution in [3.8, 4) is 0 Å². The molecule has 0 bridgehead atoms. The fourth-order valence-electron chi connectivity index (χ4n) is 6.16. The van der Waals surface area contributed by atoms with E-state index in [0.29, 0.717) is 43.8 Å². The lowest BCUT2D eigenvalue weighted by Crippen LogP contribution is -2.44. The van der Waals surface area contributed by atoms with Crippen molar-refractivity contribution in [1.29, 1.82) is 0 Å². The molecule has 41 heavy (non-hydrogen) atoms. The lowest BCUT2D eigenvalue weighted by atomic mass is 9.88. The van der Waals surface area contributed by atoms with Crippen molar-refractivity contribution in [3.63, 3.8) is 0 Å². The predicted molar refractivity (Wildman–Crippen MR) is 161 cm³/mol. The number of benzene rings is 1. The molecule has 0 saturated carbocycles. The van der Waals surface area contributed by atoms with Gasteiger partial charge in [-0.3, -0.25) is 9.98 Å². The van der Waals surface area contributed by atoms with E-state index in [2.05, 4.69) is 29.5 Å². The summed E-state index contributed by atoms with van der Waals surface area (Å²) in [5, 5.41) is 2.15. The molecule has 10 heteroatoms. The number of carbonyl (C=O) groups excluding carboxylic acids is 1. The third-order valence-corrected chi connectivity index (χ3v) is 9.59. The second-order valence-electron chi connectivity index (χ2n) is 11.0. The molecular formula is C31H31ClF2N4O2S. The number of amidine groups is 1. The van der Waals surface area contributed by atoms with Crippen LogP contribution in [0.2, 0.25) is 5.02 Å². The molecule has 0 aromatic heterocycles. The number of alkyl halides is 1. The Morgan fingerprint density at radius 1 is 1.32 bits per heavy atom. The largest absolute Gasteiger partial charge is 0.439 e. The maximum Gasteiger partial charge on any atom is 0.410 e. The van der Waals surface area contributed by atoms with Gasteiger partial charge in [0.2, 0.25) is 0 Å². The topological polar surface area (TPSA) is 57.5 Å². The average Bonchev–Trinajstić information content (AvgIpc) is 3.45. The van der Waals surface area contributed by atoms with Crippen molar-refractivity contribution >= 4 is 41.0 Å². The summed E-state index contributed by atoms with van der Waals surface area (Å²) in [4.78, 5) is 26.8. The van der Waals surface area contributed by atoms with Gasteiger partial charge in [-0.25, -0.2) is 13.6 Å². The monoisotopic (exact) mass is 596 g/mol. The van der Waals surface area contributed by atoms with Crippen molar-refractivity contribution in [2.75, 3.05) is 19.6 Å². The molecule has 5 atom stereocenters. The number of aliphatic imine (C=N–C) groups is 2. The second-order valence-corrected chi connectivity index (χ2v) is 12.5. The number of amides is 1. The van der Waals surface area contributed by atoms with Crippen LogP contribution in [-0.4, -0.2) is 70.1 Å². The van der Waals surface area contributed by atoms with Gasteiger partial charge < -0.3 is 14.5 Å². The highest BCUT2D eigenvalue weighted by Crippen LogP contribution is 2.49. The molecule has 214 valence electrons. The van der Waals surface area contributed by atoms with Crippen LogP contribution in [0.5, 0.6) is 0 Å². The highest BCUT2D eigenvalue weighted by Gasteiger charge is 2.55. The maximum absolute atomic E-state index is 14.5. The van der Waals surface area contributed by atoms with Crippen LogP contribution in [0.4, 0.5) is 13.6 Å². The first-order chi connectivity index (χ1) is 19.7. The van der Waals surface area contributed by atoms with Crippen LogP contribution in [0, 0.1) is 5.82 Å². The molecule has 6 rings (SSSR count). The SMILES string of the molecule is C=CCN1CC2(CC3=C(C4=NC(C(C)F)CC=C4)[C@H](c4ccc(F)cc4Cl)N=C(C4SC=CCC4=C)N3C2)OC1=O. The summed E-state index contributed by atoms with van der Waals surface area (Å²) < 4.78 is 34.8. The summed E-state index contributed by atoms with van der Waals surface area (Å²) in [5.74, 6) is 0.330. The van der Waals surface area contributed by atoms with Crippen molar-refractivity contribution < 1.29 is 18.3 Å². The minimum atomic E-state index is -1.14. The summed E-state index contributed by atoms with van der Waals surface area (Å²) in [6.45, 7) is 10.8. The van der Waals surface area contributed by atoms with Gasteiger partial charge in [-0.1, -0.05) is 48.0 Å². The molecule has 0 N–H and O–H groups in total. The summed E-state index contributed by atoms with van der Waals surface area (Å²) in [7, 11) is 0. The first-order valence-electron chi connectivity index (χ1n) is 13.7. The number of ether oxygens (including phenoxy) is 1. The van der Waals surface area contributed by atoms with E-state index < -0.39 is 29.7 Å². The Labute approximate surface area is 247 Å². The van der Waals surface area contributed by atoms with E-state index >= 15 is 0 Å². The first-order valence-corrected chi connectivity index (χ1v) is 15.0. The van der Waals surface area contributed by atoms with Gasteiger partial charge in [0.1, 0.15) is 23.9 Å². The van der Waals surface area contributed by atoms with Crippen LogP contribution in [0.15, 0.2) is 87.9 Å². The lowest BCUT2D eigenvalue weighted by molar-refractivity contribution is 0.0684. The smallest absolute Gasteiger partial charge is 0.410 e. The van der Waals surface area contributed by atoms with Crippen molar-refractivity contribution in [3.05, 3.63) is 94.3 Å². The van der Waals surface area contributed by atoms with Gasteiger partial charge >= 0.3 is 6.09 Å². The zero-order valence-corrected chi connectivity index (χ0v) is 24.3. The molecule has 1 aromatic carbocycles. The van der Waals surface area contributed by atoms with Crippen LogP contribution in [0.3, 0.4) is 0 Å². The minimum absolute atomic E-state index is 0.141. The zero-order valence-electron chi connectivity index (χ0n) is 22.7. The molecule has 1 amide bonds. The van der Waals surface area contributed by atoms with Crippen LogP contribution in [0.1, 0.15) is 37.8 Å². The van der Waals surface area contributed by atoms with E-state index in [4.69, 9.17) is 26.3 Å². The molecule has 5 aliphatic rings. The van der Waals surface area contributed by atoms with Gasteiger partial charge in [0.05, 0.1) is 30.1 Å².